The van der Waals surface area contributed by atoms with Crippen LogP contribution >= 0.6 is 0 Å². The number of hydrogen-bond donors (Lipinski definition) is 0. The second-order valence-electron chi connectivity index (χ2n) is 5.92. The van der Waals surface area contributed by atoms with Gasteiger partial charge in [-0.15, -0.1) is 0 Å². The molecule has 118 valence electrons. The summed E-state index contributed by atoms with van der Waals surface area (Å²) >= 11 is 0. The third-order valence-corrected chi connectivity index (χ3v) is 4.03. The molecule has 1 unspecified atom stereocenters. The highest BCUT2D eigenvalue weighted by Crippen LogP contribution is 2.43. The molecule has 4 heteroatoms. The van der Waals surface area contributed by atoms with E-state index in [1.165, 1.54) is 7.11 Å². The largest absolute Gasteiger partial charge is 0.495 e. The Kier molecular flexibility index (Phi) is 4.69. The van der Waals surface area contributed by atoms with Gasteiger partial charge in [0, 0.05) is 0 Å². The summed E-state index contributed by atoms with van der Waals surface area (Å²) in [5, 5.41) is 0. The van der Waals surface area contributed by atoms with E-state index in [9.17, 15) is 9.59 Å². The van der Waals surface area contributed by atoms with Gasteiger partial charge in [0.05, 0.1) is 18.6 Å². The minimum absolute atomic E-state index is 0.0347. The van der Waals surface area contributed by atoms with Crippen molar-refractivity contribution in [2.24, 2.45) is 5.92 Å². The average Bonchev–Trinajstić information content (AvgIpc) is 2.48. The Hall–Kier alpha value is -2.10. The van der Waals surface area contributed by atoms with E-state index in [4.69, 9.17) is 9.47 Å². The lowest BCUT2D eigenvalue weighted by molar-refractivity contribution is 0.0265. The number of benzene rings is 1. The fraction of sp³-hybridized carbons (Fsp3) is 0.444. The fourth-order valence-corrected chi connectivity index (χ4v) is 2.85. The van der Waals surface area contributed by atoms with Gasteiger partial charge in [0.15, 0.2) is 12.1 Å². The fourth-order valence-electron chi connectivity index (χ4n) is 2.85. The van der Waals surface area contributed by atoms with E-state index in [1.54, 1.807) is 12.1 Å². The van der Waals surface area contributed by atoms with E-state index in [2.05, 4.69) is 6.92 Å². The van der Waals surface area contributed by atoms with Crippen molar-refractivity contribution in [2.75, 3.05) is 7.11 Å². The van der Waals surface area contributed by atoms with Gasteiger partial charge in [0.2, 0.25) is 0 Å². The molecule has 0 saturated carbocycles. The number of carbonyl (C=O) groups is 2. The minimum atomic E-state index is -0.601. The average molecular weight is 302 g/mol. The Bertz CT molecular complexity index is 614. The van der Waals surface area contributed by atoms with Gasteiger partial charge in [-0.1, -0.05) is 19.1 Å². The summed E-state index contributed by atoms with van der Waals surface area (Å²) in [6.45, 7) is 5.88. The maximum Gasteiger partial charge on any atom is 0.177 e. The monoisotopic (exact) mass is 302 g/mol. The highest BCUT2D eigenvalue weighted by Gasteiger charge is 2.44. The molecule has 0 radical (unpaired) electrons. The summed E-state index contributed by atoms with van der Waals surface area (Å²) < 4.78 is 11.3. The van der Waals surface area contributed by atoms with E-state index >= 15 is 0 Å². The molecule has 1 aromatic carbocycles. The summed E-state index contributed by atoms with van der Waals surface area (Å²) in [6.07, 6.45) is 6.27. The molecular weight excluding hydrogens is 280 g/mol. The van der Waals surface area contributed by atoms with Gasteiger partial charge < -0.3 is 9.47 Å². The molecule has 0 N–H and O–H groups in total. The molecule has 2 rings (SSSR count). The van der Waals surface area contributed by atoms with Crippen molar-refractivity contribution in [3.05, 3.63) is 35.4 Å². The van der Waals surface area contributed by atoms with Crippen molar-refractivity contribution in [2.45, 2.75) is 39.2 Å². The standard InChI is InChI=1S/C18H22O4/c1-5-6-7-8-13-16(20)15-14(22-18(13,2)3)10-9-12(11-19)17(15)21-4/h6-7,9-11,13H,5,8H2,1-4H3. The van der Waals surface area contributed by atoms with Crippen molar-refractivity contribution >= 4 is 12.1 Å². The quantitative estimate of drug-likeness (QED) is 0.612. The van der Waals surface area contributed by atoms with Crippen LogP contribution in [0.5, 0.6) is 11.5 Å². The van der Waals surface area contributed by atoms with Crippen molar-refractivity contribution in [3.8, 4) is 11.5 Å². The number of aldehydes is 1. The van der Waals surface area contributed by atoms with Crippen LogP contribution in [-0.4, -0.2) is 24.8 Å². The van der Waals surface area contributed by atoms with E-state index < -0.39 is 5.60 Å². The zero-order valence-corrected chi connectivity index (χ0v) is 13.5. The molecular formula is C18H22O4. The zero-order valence-electron chi connectivity index (χ0n) is 13.5. The maximum absolute atomic E-state index is 13.0. The van der Waals surface area contributed by atoms with Gasteiger partial charge in [0.25, 0.3) is 0 Å². The van der Waals surface area contributed by atoms with E-state index in [1.807, 2.05) is 26.0 Å². The van der Waals surface area contributed by atoms with Gasteiger partial charge in [-0.05, 0) is 38.8 Å². The normalized spacial score (nSPS) is 19.6. The van der Waals surface area contributed by atoms with E-state index in [0.717, 1.165) is 6.42 Å². The van der Waals surface area contributed by atoms with Gasteiger partial charge >= 0.3 is 0 Å². The maximum atomic E-state index is 13.0. The molecule has 1 aromatic rings. The first kappa shape index (κ1) is 16.3. The van der Waals surface area contributed by atoms with Crippen molar-refractivity contribution in [1.29, 1.82) is 0 Å². The van der Waals surface area contributed by atoms with Crippen LogP contribution in [0.1, 0.15) is 54.3 Å². The van der Waals surface area contributed by atoms with Crippen molar-refractivity contribution in [1.82, 2.24) is 0 Å². The van der Waals surface area contributed by atoms with Crippen molar-refractivity contribution in [3.63, 3.8) is 0 Å². The summed E-state index contributed by atoms with van der Waals surface area (Å²) in [6, 6.07) is 3.28. The number of hydrogen-bond acceptors (Lipinski definition) is 4. The second kappa shape index (κ2) is 6.34. The Morgan fingerprint density at radius 2 is 2.05 bits per heavy atom. The first-order chi connectivity index (χ1) is 10.5. The van der Waals surface area contributed by atoms with Crippen LogP contribution in [0.25, 0.3) is 0 Å². The number of allylic oxidation sites excluding steroid dienone is 2. The van der Waals surface area contributed by atoms with Crippen LogP contribution < -0.4 is 9.47 Å². The van der Waals surface area contributed by atoms with Crippen LogP contribution in [0.2, 0.25) is 0 Å². The Balaban J connectivity index is 2.51. The van der Waals surface area contributed by atoms with Gasteiger partial charge in [-0.2, -0.15) is 0 Å². The number of carbonyl (C=O) groups excluding carboxylic acids is 2. The van der Waals surface area contributed by atoms with Crippen LogP contribution in [0.3, 0.4) is 0 Å². The Labute approximate surface area is 131 Å². The van der Waals surface area contributed by atoms with E-state index in [-0.39, 0.29) is 11.7 Å². The molecule has 0 amide bonds. The number of ketones is 1. The van der Waals surface area contributed by atoms with Crippen LogP contribution in [-0.2, 0) is 0 Å². The number of Topliss-reactive ketones (excluding diaryl/α,β-unsaturated/α-hetero) is 1. The lowest BCUT2D eigenvalue weighted by atomic mass is 9.78. The SMILES string of the molecule is CCC=CCC1C(=O)c2c(ccc(C=O)c2OC)OC1(C)C. The Morgan fingerprint density at radius 3 is 2.64 bits per heavy atom. The number of fused-ring (bicyclic) bond motifs is 1. The molecule has 22 heavy (non-hydrogen) atoms. The third kappa shape index (κ3) is 2.78. The molecule has 0 saturated heterocycles. The Morgan fingerprint density at radius 1 is 1.32 bits per heavy atom. The predicted molar refractivity (Wildman–Crippen MR) is 85.0 cm³/mol. The third-order valence-electron chi connectivity index (χ3n) is 4.03. The molecule has 0 aliphatic carbocycles. The summed E-state index contributed by atoms with van der Waals surface area (Å²) in [4.78, 5) is 24.1. The minimum Gasteiger partial charge on any atom is -0.495 e. The van der Waals surface area contributed by atoms with Gasteiger partial charge in [-0.25, -0.2) is 0 Å². The second-order valence-corrected chi connectivity index (χ2v) is 5.92. The zero-order chi connectivity index (χ0) is 16.3. The van der Waals surface area contributed by atoms with E-state index in [0.29, 0.717) is 35.3 Å². The molecule has 0 spiro atoms. The molecule has 0 bridgehead atoms. The molecule has 1 atom stereocenters. The number of ether oxygens (including phenoxy) is 2. The highest BCUT2D eigenvalue weighted by atomic mass is 16.5. The van der Waals surface area contributed by atoms with Gasteiger partial charge in [0.1, 0.15) is 22.7 Å². The molecule has 4 nitrogen and oxygen atoms in total. The first-order valence-corrected chi connectivity index (χ1v) is 7.50. The van der Waals surface area contributed by atoms with Gasteiger partial charge in [-0.3, -0.25) is 9.59 Å². The van der Waals surface area contributed by atoms with Crippen LogP contribution in [0.15, 0.2) is 24.3 Å². The number of rotatable bonds is 5. The molecule has 1 heterocycles. The molecule has 0 aromatic heterocycles. The predicted octanol–water partition coefficient (Wildman–Crippen LogP) is 3.83. The van der Waals surface area contributed by atoms with Crippen molar-refractivity contribution < 1.29 is 19.1 Å². The summed E-state index contributed by atoms with van der Waals surface area (Å²) in [7, 11) is 1.46. The molecule has 0 fully saturated rings. The summed E-state index contributed by atoms with van der Waals surface area (Å²) in [5.41, 5.74) is 0.137. The topological polar surface area (TPSA) is 52.6 Å². The highest BCUT2D eigenvalue weighted by molar-refractivity contribution is 6.06. The molecule has 1 aliphatic heterocycles. The van der Waals surface area contributed by atoms with Crippen LogP contribution in [0, 0.1) is 5.92 Å². The lowest BCUT2D eigenvalue weighted by Crippen LogP contribution is -2.46. The lowest BCUT2D eigenvalue weighted by Gasteiger charge is -2.39. The molecule has 1 aliphatic rings. The smallest absolute Gasteiger partial charge is 0.177 e. The summed E-state index contributed by atoms with van der Waals surface area (Å²) in [5.74, 6) is 0.441. The first-order valence-electron chi connectivity index (χ1n) is 7.50. The number of methoxy groups -OCH3 is 1. The van der Waals surface area contributed by atoms with Crippen LogP contribution in [0.4, 0.5) is 0 Å².